The molecule has 2 aliphatic carbocycles. The fraction of sp³-hybridized carbons (Fsp3) is 0.462. The molecule has 0 spiro atoms. The number of esters is 2. The van der Waals surface area contributed by atoms with E-state index < -0.39 is 71.7 Å². The molecule has 9 aromatic carbocycles. The van der Waals surface area contributed by atoms with Gasteiger partial charge < -0.3 is 43.2 Å². The molecule has 4 fully saturated rings. The van der Waals surface area contributed by atoms with Gasteiger partial charge in [-0.3, -0.25) is 29.0 Å². The molecule has 9 aromatic rings. The van der Waals surface area contributed by atoms with Crippen LogP contribution in [-0.4, -0.2) is 108 Å². The minimum atomic E-state index is -1.38. The summed E-state index contributed by atoms with van der Waals surface area (Å²) >= 11 is 0. The molecule has 2 saturated carbocycles. The Kier molecular flexibility index (Phi) is 20.0. The van der Waals surface area contributed by atoms with Crippen LogP contribution in [0, 0.1) is 17.8 Å². The second-order valence-corrected chi connectivity index (χ2v) is 36.4. The van der Waals surface area contributed by atoms with Gasteiger partial charge in [-0.05, 0) is 199 Å². The lowest BCUT2D eigenvalue weighted by atomic mass is 9.80. The minimum absolute atomic E-state index is 0.0468. The number of nitrogens with one attached hydrogen (secondary N) is 1. The number of epoxide rings is 2. The summed E-state index contributed by atoms with van der Waals surface area (Å²) < 4.78 is 53.5. The average molecular weight is 1490 g/mol. The van der Waals surface area contributed by atoms with Crippen molar-refractivity contribution in [3.63, 3.8) is 0 Å². The number of benzene rings is 9. The van der Waals surface area contributed by atoms with Crippen LogP contribution in [0.5, 0.6) is 46.0 Å². The standard InChI is InChI=1S/C93H105N3O14/c1-50(2)82(88(101)109-62-30-17-52(18-31-62)19-32-64-48-103-64)95-84(97)66-43-70(105-58-33-20-53(21-34-58)90(5,6)7)76-78-72(107-60-37-24-55(25-38-60)92(11,12)13)45-68-75-69(87(100)96(86(68)99)83(51(3)4)89(102)110-63-41-28-57(29-42-63)94-47-65-49-104-65)46-73(108-61-39-26-56(27-40-61)93(14,15)16)79(81(75)78)77-71(44-67(85(95)98)74(66)80(76)77)106-59-35-22-54(23-36-59)91(8,9)10/h20-27,33-40,43-46,50-52,57,62-65,82-83,94H,17-19,28-32,41-42,47-49H2,1-16H3. The molecule has 4 heterocycles. The zero-order chi connectivity index (χ0) is 77.9. The van der Waals surface area contributed by atoms with Gasteiger partial charge in [-0.2, -0.15) is 0 Å². The van der Waals surface area contributed by atoms with Gasteiger partial charge in [-0.25, -0.2) is 9.59 Å². The number of fused-ring (bicyclic) bond motifs is 2. The Hall–Kier alpha value is -9.42. The number of hydrogen-bond donors (Lipinski definition) is 1. The van der Waals surface area contributed by atoms with Crippen molar-refractivity contribution in [1.82, 2.24) is 15.1 Å². The van der Waals surface area contributed by atoms with Crippen LogP contribution in [0.15, 0.2) is 121 Å². The molecule has 2 saturated heterocycles. The molecule has 4 unspecified atom stereocenters. The third-order valence-corrected chi connectivity index (χ3v) is 23.4. The molecule has 4 aliphatic heterocycles. The molecule has 0 radical (unpaired) electrons. The first-order chi connectivity index (χ1) is 52.2. The summed E-state index contributed by atoms with van der Waals surface area (Å²) in [6.45, 7) is 35.1. The maximum atomic E-state index is 16.5. The Morgan fingerprint density at radius 2 is 0.673 bits per heavy atom. The SMILES string of the molecule is CC(C)C(C(=O)OC1CCC(CCC2CO2)CC1)N1C(=O)c2cc(Oc3ccc(C(C)(C)C)cc3)c3c4c(Oc5ccc(C(C)(C)C)cc5)cc5c6c(cc(Oc7ccc(C(C)(C)C)cc7)c(c7c(Oc8ccc(C(C)(C)C)cc8)cc(c2c37)C1=O)c64)C(=O)N(C(C(=O)OC1CCC(NCC2CO2)CC1)C(C)C)C5=O. The van der Waals surface area contributed by atoms with Gasteiger partial charge in [0.05, 0.1) is 47.7 Å². The molecule has 6 aliphatic rings. The number of ether oxygens (including phenoxy) is 8. The van der Waals surface area contributed by atoms with E-state index in [2.05, 4.69) is 88.4 Å². The fourth-order valence-corrected chi connectivity index (χ4v) is 16.9. The molecule has 576 valence electrons. The topological polar surface area (TPSA) is 201 Å². The Labute approximate surface area is 645 Å². The summed E-state index contributed by atoms with van der Waals surface area (Å²) in [5.41, 5.74) is 3.33. The highest BCUT2D eigenvalue weighted by Crippen LogP contribution is 2.59. The van der Waals surface area contributed by atoms with Gasteiger partial charge in [0, 0.05) is 55.7 Å². The summed E-state index contributed by atoms with van der Waals surface area (Å²) in [7, 11) is 0. The minimum Gasteiger partial charge on any atom is -0.461 e. The van der Waals surface area contributed by atoms with Crippen LogP contribution in [-0.2, 0) is 50.2 Å². The maximum Gasteiger partial charge on any atom is 0.329 e. The number of amides is 4. The van der Waals surface area contributed by atoms with Crippen LogP contribution in [0.3, 0.4) is 0 Å². The van der Waals surface area contributed by atoms with Crippen LogP contribution in [0.2, 0.25) is 0 Å². The lowest BCUT2D eigenvalue weighted by Gasteiger charge is -2.37. The van der Waals surface area contributed by atoms with Crippen molar-refractivity contribution in [3.05, 3.63) is 166 Å². The molecule has 17 nitrogen and oxygen atoms in total. The summed E-state index contributed by atoms with van der Waals surface area (Å²) in [4.78, 5) is 98.9. The Balaban J connectivity index is 1.01. The largest absolute Gasteiger partial charge is 0.461 e. The lowest BCUT2D eigenvalue weighted by Crippen LogP contribution is -2.54. The van der Waals surface area contributed by atoms with Crippen molar-refractivity contribution < 1.29 is 66.7 Å². The van der Waals surface area contributed by atoms with Gasteiger partial charge in [0.15, 0.2) is 0 Å². The van der Waals surface area contributed by atoms with E-state index in [0.29, 0.717) is 93.0 Å². The maximum absolute atomic E-state index is 16.5. The molecule has 0 aromatic heterocycles. The van der Waals surface area contributed by atoms with Crippen molar-refractivity contribution in [2.45, 2.75) is 239 Å². The number of rotatable bonds is 22. The van der Waals surface area contributed by atoms with E-state index in [9.17, 15) is 0 Å². The average Bonchev–Trinajstić information content (AvgIpc) is 0.908. The van der Waals surface area contributed by atoms with E-state index in [-0.39, 0.29) is 89.8 Å². The normalized spacial score (nSPS) is 20.8. The molecule has 15 rings (SSSR count). The van der Waals surface area contributed by atoms with E-state index in [1.165, 1.54) is 0 Å². The second-order valence-electron chi connectivity index (χ2n) is 36.4. The first kappa shape index (κ1) is 76.0. The predicted molar refractivity (Wildman–Crippen MR) is 427 cm³/mol. The third-order valence-electron chi connectivity index (χ3n) is 23.4. The van der Waals surface area contributed by atoms with Crippen LogP contribution < -0.4 is 24.3 Å². The summed E-state index contributed by atoms with van der Waals surface area (Å²) in [6.07, 6.45) is 7.54. The van der Waals surface area contributed by atoms with Gasteiger partial charge in [-0.1, -0.05) is 159 Å². The van der Waals surface area contributed by atoms with Crippen molar-refractivity contribution in [2.75, 3.05) is 19.8 Å². The van der Waals surface area contributed by atoms with E-state index in [0.717, 1.165) is 90.3 Å². The number of hydrogen-bond acceptors (Lipinski definition) is 15. The van der Waals surface area contributed by atoms with Crippen LogP contribution >= 0.6 is 0 Å². The number of carbonyl (C=O) groups is 6. The third kappa shape index (κ3) is 14.9. The van der Waals surface area contributed by atoms with Crippen LogP contribution in [0.4, 0.5) is 0 Å². The van der Waals surface area contributed by atoms with Gasteiger partial charge >= 0.3 is 11.9 Å². The number of carbonyl (C=O) groups excluding carboxylic acids is 6. The van der Waals surface area contributed by atoms with Crippen molar-refractivity contribution in [1.29, 1.82) is 0 Å². The fourth-order valence-electron chi connectivity index (χ4n) is 16.9. The molecule has 1 N–H and O–H groups in total. The molecule has 0 bridgehead atoms. The molecule has 110 heavy (non-hydrogen) atoms. The molecule has 4 atom stereocenters. The van der Waals surface area contributed by atoms with E-state index >= 15 is 28.8 Å². The van der Waals surface area contributed by atoms with Crippen molar-refractivity contribution in [3.8, 4) is 46.0 Å². The van der Waals surface area contributed by atoms with Crippen LogP contribution in [0.1, 0.15) is 239 Å². The predicted octanol–water partition coefficient (Wildman–Crippen LogP) is 20.5. The van der Waals surface area contributed by atoms with Crippen LogP contribution in [0.25, 0.3) is 43.1 Å². The first-order valence-electron chi connectivity index (χ1n) is 39.8. The highest BCUT2D eigenvalue weighted by Gasteiger charge is 2.49. The highest BCUT2D eigenvalue weighted by atomic mass is 16.6. The van der Waals surface area contributed by atoms with Gasteiger partial charge in [0.1, 0.15) is 70.3 Å². The number of nitrogens with zero attached hydrogens (tertiary/aromatic N) is 2. The zero-order valence-electron chi connectivity index (χ0n) is 66.6. The Morgan fingerprint density at radius 3 is 0.936 bits per heavy atom. The van der Waals surface area contributed by atoms with E-state index in [4.69, 9.17) is 37.9 Å². The molecular formula is C93H105N3O14. The molecule has 17 heteroatoms. The second kappa shape index (κ2) is 29.0. The first-order valence-corrected chi connectivity index (χ1v) is 39.8. The highest BCUT2D eigenvalue weighted by molar-refractivity contribution is 6.45. The lowest BCUT2D eigenvalue weighted by molar-refractivity contribution is -0.158. The quantitative estimate of drug-likeness (QED) is 0.0221. The number of imide groups is 2. The van der Waals surface area contributed by atoms with Gasteiger partial charge in [-0.15, -0.1) is 0 Å². The Bertz CT molecular complexity index is 4500. The van der Waals surface area contributed by atoms with Crippen molar-refractivity contribution in [2.24, 2.45) is 17.8 Å². The van der Waals surface area contributed by atoms with E-state index in [1.54, 1.807) is 24.3 Å². The summed E-state index contributed by atoms with van der Waals surface area (Å²) in [6, 6.07) is 35.0. The molecule has 4 amide bonds. The van der Waals surface area contributed by atoms with Gasteiger partial charge in [0.2, 0.25) is 0 Å². The smallest absolute Gasteiger partial charge is 0.329 e. The summed E-state index contributed by atoms with van der Waals surface area (Å²) in [5, 5.41) is 6.03. The van der Waals surface area contributed by atoms with Crippen molar-refractivity contribution >= 4 is 78.7 Å². The summed E-state index contributed by atoms with van der Waals surface area (Å²) in [5.74, 6) is -3.06. The molecular weight excluding hydrogens is 1380 g/mol. The van der Waals surface area contributed by atoms with E-state index in [1.807, 2.05) is 125 Å². The monoisotopic (exact) mass is 1490 g/mol. The Morgan fingerprint density at radius 1 is 0.391 bits per heavy atom. The zero-order valence-corrected chi connectivity index (χ0v) is 66.6. The van der Waals surface area contributed by atoms with Gasteiger partial charge in [0.25, 0.3) is 23.6 Å².